The molecule has 1 fully saturated rings. The van der Waals surface area contributed by atoms with Crippen LogP contribution in [0, 0.1) is 10.1 Å². The maximum Gasteiger partial charge on any atom is 0.273 e. The zero-order chi connectivity index (χ0) is 22.9. The molecule has 1 aliphatic rings. The lowest BCUT2D eigenvalue weighted by molar-refractivity contribution is -0.384. The van der Waals surface area contributed by atoms with E-state index in [1.807, 2.05) is 12.1 Å². The number of nitro benzene ring substituents is 1. The van der Waals surface area contributed by atoms with Gasteiger partial charge in [-0.2, -0.15) is 0 Å². The lowest BCUT2D eigenvalue weighted by atomic mass is 10.00. The summed E-state index contributed by atoms with van der Waals surface area (Å²) < 4.78 is 12.3. The van der Waals surface area contributed by atoms with Crippen molar-refractivity contribution < 1.29 is 14.4 Å². The molecule has 1 heterocycles. The first-order valence-corrected chi connectivity index (χ1v) is 11.5. The van der Waals surface area contributed by atoms with E-state index in [4.69, 9.17) is 9.47 Å². The van der Waals surface area contributed by atoms with E-state index < -0.39 is 4.92 Å². The molecule has 0 aromatic heterocycles. The minimum Gasteiger partial charge on any atom is -0.493 e. The van der Waals surface area contributed by atoms with E-state index in [1.54, 1.807) is 12.1 Å². The largest absolute Gasteiger partial charge is 0.493 e. The second-order valence-electron chi connectivity index (χ2n) is 8.33. The maximum absolute atomic E-state index is 10.9. The van der Waals surface area contributed by atoms with Gasteiger partial charge in [0.15, 0.2) is 0 Å². The van der Waals surface area contributed by atoms with Crippen LogP contribution < -0.4 is 4.74 Å². The molecule has 0 aliphatic carbocycles. The smallest absolute Gasteiger partial charge is 0.273 e. The van der Waals surface area contributed by atoms with Crippen molar-refractivity contribution in [3.05, 3.63) is 106 Å². The van der Waals surface area contributed by atoms with Gasteiger partial charge in [-0.1, -0.05) is 66.7 Å². The molecule has 0 amide bonds. The molecule has 0 atom stereocenters. The van der Waals surface area contributed by atoms with Crippen LogP contribution >= 0.6 is 0 Å². The van der Waals surface area contributed by atoms with Crippen molar-refractivity contribution in [2.24, 2.45) is 0 Å². The molecule has 3 aromatic carbocycles. The van der Waals surface area contributed by atoms with Gasteiger partial charge in [0.25, 0.3) is 5.69 Å². The standard InChI is InChI=1S/C27H30N2O4/c30-29(31)24-13-7-14-26(21-24)32-20-8-17-28-18-15-25(16-19-28)33-27(22-9-3-1-4-10-22)23-11-5-2-6-12-23/h1-7,9-14,21,25,27H,8,15-20H2. The molecular formula is C27H30N2O4. The Labute approximate surface area is 194 Å². The summed E-state index contributed by atoms with van der Waals surface area (Å²) >= 11 is 0. The number of nitrogens with zero attached hydrogens (tertiary/aromatic N) is 2. The summed E-state index contributed by atoms with van der Waals surface area (Å²) in [4.78, 5) is 12.9. The molecule has 0 saturated carbocycles. The van der Waals surface area contributed by atoms with Crippen molar-refractivity contribution in [1.82, 2.24) is 4.90 Å². The second kappa shape index (κ2) is 11.6. The van der Waals surface area contributed by atoms with Crippen LogP contribution in [0.25, 0.3) is 0 Å². The van der Waals surface area contributed by atoms with Crippen molar-refractivity contribution in [2.45, 2.75) is 31.5 Å². The fourth-order valence-electron chi connectivity index (χ4n) is 4.23. The third-order valence-electron chi connectivity index (χ3n) is 5.98. The summed E-state index contributed by atoms with van der Waals surface area (Å²) in [5.41, 5.74) is 2.42. The SMILES string of the molecule is O=[N+]([O-])c1cccc(OCCCN2CCC(OC(c3ccccc3)c3ccccc3)CC2)c1. The van der Waals surface area contributed by atoms with Crippen LogP contribution in [-0.4, -0.2) is 42.2 Å². The molecule has 1 aliphatic heterocycles. The Morgan fingerprint density at radius 2 is 1.55 bits per heavy atom. The quantitative estimate of drug-likeness (QED) is 0.229. The lowest BCUT2D eigenvalue weighted by Crippen LogP contribution is -2.38. The molecule has 33 heavy (non-hydrogen) atoms. The summed E-state index contributed by atoms with van der Waals surface area (Å²) in [7, 11) is 0. The molecular weight excluding hydrogens is 416 g/mol. The molecule has 4 rings (SSSR count). The predicted octanol–water partition coefficient (Wildman–Crippen LogP) is 5.63. The van der Waals surface area contributed by atoms with E-state index in [9.17, 15) is 10.1 Å². The monoisotopic (exact) mass is 446 g/mol. The fourth-order valence-corrected chi connectivity index (χ4v) is 4.23. The molecule has 0 N–H and O–H groups in total. The Kier molecular flexibility index (Phi) is 8.06. The topological polar surface area (TPSA) is 64.8 Å². The maximum atomic E-state index is 10.9. The Hall–Kier alpha value is -3.22. The van der Waals surface area contributed by atoms with Gasteiger partial charge in [-0.25, -0.2) is 0 Å². The number of benzene rings is 3. The molecule has 6 heteroatoms. The minimum absolute atomic E-state index is 0.0488. The molecule has 0 bridgehead atoms. The zero-order valence-corrected chi connectivity index (χ0v) is 18.7. The zero-order valence-electron chi connectivity index (χ0n) is 18.7. The summed E-state index contributed by atoms with van der Waals surface area (Å²) in [6, 6.07) is 27.2. The first-order chi connectivity index (χ1) is 16.2. The number of hydrogen-bond acceptors (Lipinski definition) is 5. The average molecular weight is 447 g/mol. The van der Waals surface area contributed by atoms with E-state index in [-0.39, 0.29) is 17.9 Å². The van der Waals surface area contributed by atoms with Crippen LogP contribution in [0.2, 0.25) is 0 Å². The number of nitro groups is 1. The van der Waals surface area contributed by atoms with Gasteiger partial charge in [-0.15, -0.1) is 0 Å². The predicted molar refractivity (Wildman–Crippen MR) is 128 cm³/mol. The van der Waals surface area contributed by atoms with E-state index in [2.05, 4.69) is 53.4 Å². The molecule has 0 unspecified atom stereocenters. The van der Waals surface area contributed by atoms with Gasteiger partial charge >= 0.3 is 0 Å². The minimum atomic E-state index is -0.404. The van der Waals surface area contributed by atoms with E-state index in [0.29, 0.717) is 12.4 Å². The van der Waals surface area contributed by atoms with Crippen molar-refractivity contribution in [2.75, 3.05) is 26.2 Å². The Balaban J connectivity index is 1.23. The Bertz CT molecular complexity index is 965. The lowest BCUT2D eigenvalue weighted by Gasteiger charge is -2.34. The van der Waals surface area contributed by atoms with Gasteiger partial charge in [-0.3, -0.25) is 10.1 Å². The van der Waals surface area contributed by atoms with E-state index in [0.717, 1.165) is 38.9 Å². The average Bonchev–Trinajstić information content (AvgIpc) is 2.87. The van der Waals surface area contributed by atoms with Crippen LogP contribution in [0.3, 0.4) is 0 Å². The van der Waals surface area contributed by atoms with Gasteiger partial charge in [0, 0.05) is 25.7 Å². The number of likely N-dealkylation sites (tertiary alicyclic amines) is 1. The summed E-state index contributed by atoms with van der Waals surface area (Å²) in [6.45, 7) is 3.49. The molecule has 6 nitrogen and oxygen atoms in total. The van der Waals surface area contributed by atoms with Crippen molar-refractivity contribution in [3.63, 3.8) is 0 Å². The van der Waals surface area contributed by atoms with E-state index in [1.165, 1.54) is 23.3 Å². The highest BCUT2D eigenvalue weighted by atomic mass is 16.6. The van der Waals surface area contributed by atoms with Crippen molar-refractivity contribution in [1.29, 1.82) is 0 Å². The van der Waals surface area contributed by atoms with Gasteiger partial charge in [0.05, 0.1) is 23.7 Å². The number of rotatable bonds is 10. The van der Waals surface area contributed by atoms with Gasteiger partial charge in [0.1, 0.15) is 11.9 Å². The van der Waals surface area contributed by atoms with Gasteiger partial charge < -0.3 is 14.4 Å². The number of ether oxygens (including phenoxy) is 2. The van der Waals surface area contributed by atoms with Crippen LogP contribution in [0.15, 0.2) is 84.9 Å². The van der Waals surface area contributed by atoms with Gasteiger partial charge in [0.2, 0.25) is 0 Å². The number of piperidine rings is 1. The van der Waals surface area contributed by atoms with Gasteiger partial charge in [-0.05, 0) is 36.5 Å². The first kappa shape index (κ1) is 23.0. The second-order valence-corrected chi connectivity index (χ2v) is 8.33. The molecule has 172 valence electrons. The first-order valence-electron chi connectivity index (χ1n) is 11.5. The normalized spacial score (nSPS) is 14.9. The highest BCUT2D eigenvalue weighted by Gasteiger charge is 2.24. The number of hydrogen-bond donors (Lipinski definition) is 0. The third-order valence-corrected chi connectivity index (χ3v) is 5.98. The van der Waals surface area contributed by atoms with Crippen molar-refractivity contribution in [3.8, 4) is 5.75 Å². The summed E-state index contributed by atoms with van der Waals surface area (Å²) in [5.74, 6) is 0.546. The molecule has 0 radical (unpaired) electrons. The van der Waals surface area contributed by atoms with Crippen LogP contribution in [0.1, 0.15) is 36.5 Å². The Morgan fingerprint density at radius 3 is 2.15 bits per heavy atom. The molecule has 0 spiro atoms. The fraction of sp³-hybridized carbons (Fsp3) is 0.333. The van der Waals surface area contributed by atoms with Crippen LogP contribution in [-0.2, 0) is 4.74 Å². The summed E-state index contributed by atoms with van der Waals surface area (Å²) in [6.07, 6.45) is 3.06. The van der Waals surface area contributed by atoms with E-state index >= 15 is 0 Å². The summed E-state index contributed by atoms with van der Waals surface area (Å²) in [5, 5.41) is 10.9. The Morgan fingerprint density at radius 1 is 0.909 bits per heavy atom. The molecule has 1 saturated heterocycles. The third kappa shape index (κ3) is 6.63. The molecule has 3 aromatic rings. The highest BCUT2D eigenvalue weighted by Crippen LogP contribution is 2.30. The van der Waals surface area contributed by atoms with Crippen molar-refractivity contribution >= 4 is 5.69 Å². The number of non-ortho nitro benzene ring substituents is 1. The van der Waals surface area contributed by atoms with Crippen LogP contribution in [0.5, 0.6) is 5.75 Å². The highest BCUT2D eigenvalue weighted by molar-refractivity contribution is 5.37. The van der Waals surface area contributed by atoms with Crippen LogP contribution in [0.4, 0.5) is 5.69 Å².